The molecule has 0 unspecified atom stereocenters. The summed E-state index contributed by atoms with van der Waals surface area (Å²) in [4.78, 5) is 0. The summed E-state index contributed by atoms with van der Waals surface area (Å²) in [6.07, 6.45) is 4.98. The minimum atomic E-state index is -0.149. The molecule has 0 N–H and O–H groups in total. The standard InChI is InChI=1S/C12H14ClF/c13-8-11-6-5-10(7-12(11)14)9-3-1-2-4-9/h5-7,9H,1-4,8H2. The number of alkyl halides is 1. The Kier molecular flexibility index (Phi) is 3.07. The molecule has 76 valence electrons. The van der Waals surface area contributed by atoms with Crippen molar-refractivity contribution in [1.82, 2.24) is 0 Å². The van der Waals surface area contributed by atoms with Gasteiger partial charge in [-0.3, -0.25) is 0 Å². The molecule has 0 nitrogen and oxygen atoms in total. The smallest absolute Gasteiger partial charge is 0.127 e. The van der Waals surface area contributed by atoms with Gasteiger partial charge in [-0.15, -0.1) is 11.6 Å². The summed E-state index contributed by atoms with van der Waals surface area (Å²) < 4.78 is 13.4. The van der Waals surface area contributed by atoms with Crippen molar-refractivity contribution in [1.29, 1.82) is 0 Å². The van der Waals surface area contributed by atoms with Crippen molar-refractivity contribution in [2.75, 3.05) is 0 Å². The van der Waals surface area contributed by atoms with E-state index in [-0.39, 0.29) is 11.7 Å². The molecule has 0 spiro atoms. The van der Waals surface area contributed by atoms with Gasteiger partial charge in [0.25, 0.3) is 0 Å². The number of hydrogen-bond donors (Lipinski definition) is 0. The van der Waals surface area contributed by atoms with E-state index in [1.165, 1.54) is 25.7 Å². The number of halogens is 2. The van der Waals surface area contributed by atoms with Crippen molar-refractivity contribution < 1.29 is 4.39 Å². The molecule has 0 aromatic heterocycles. The van der Waals surface area contributed by atoms with Gasteiger partial charge in [0.2, 0.25) is 0 Å². The highest BCUT2D eigenvalue weighted by atomic mass is 35.5. The van der Waals surface area contributed by atoms with Gasteiger partial charge in [-0.2, -0.15) is 0 Å². The van der Waals surface area contributed by atoms with Crippen LogP contribution in [-0.4, -0.2) is 0 Å². The van der Waals surface area contributed by atoms with Gasteiger partial charge in [0.15, 0.2) is 0 Å². The lowest BCUT2D eigenvalue weighted by molar-refractivity contribution is 0.608. The molecule has 1 aromatic carbocycles. The zero-order valence-electron chi connectivity index (χ0n) is 8.10. The van der Waals surface area contributed by atoms with Crippen LogP contribution in [0.15, 0.2) is 18.2 Å². The second-order valence-corrected chi connectivity index (χ2v) is 4.23. The molecule has 1 aliphatic rings. The lowest BCUT2D eigenvalue weighted by Gasteiger charge is -2.10. The summed E-state index contributed by atoms with van der Waals surface area (Å²) in [6.45, 7) is 0. The Balaban J connectivity index is 2.23. The van der Waals surface area contributed by atoms with Gasteiger partial charge in [0.1, 0.15) is 5.82 Å². The fourth-order valence-electron chi connectivity index (χ4n) is 2.19. The predicted molar refractivity (Wildman–Crippen MR) is 57.2 cm³/mol. The second kappa shape index (κ2) is 4.31. The summed E-state index contributed by atoms with van der Waals surface area (Å²) in [5.74, 6) is 0.690. The van der Waals surface area contributed by atoms with Gasteiger partial charge in [-0.25, -0.2) is 4.39 Å². The topological polar surface area (TPSA) is 0 Å². The van der Waals surface area contributed by atoms with E-state index >= 15 is 0 Å². The third-order valence-electron chi connectivity index (χ3n) is 3.05. The summed E-state index contributed by atoms with van der Waals surface area (Å²) in [5, 5.41) is 0. The fourth-order valence-corrected chi connectivity index (χ4v) is 2.40. The Morgan fingerprint density at radius 2 is 2.00 bits per heavy atom. The van der Waals surface area contributed by atoms with Gasteiger partial charge in [-0.05, 0) is 30.4 Å². The van der Waals surface area contributed by atoms with Gasteiger partial charge in [0.05, 0.1) is 5.88 Å². The molecule has 1 aliphatic carbocycles. The molecule has 2 heteroatoms. The summed E-state index contributed by atoms with van der Waals surface area (Å²) >= 11 is 5.60. The molecule has 1 fully saturated rings. The highest BCUT2D eigenvalue weighted by molar-refractivity contribution is 6.17. The van der Waals surface area contributed by atoms with Crippen LogP contribution in [0.4, 0.5) is 4.39 Å². The number of benzene rings is 1. The Morgan fingerprint density at radius 1 is 1.29 bits per heavy atom. The Bertz CT molecular complexity index is 316. The zero-order valence-corrected chi connectivity index (χ0v) is 8.86. The van der Waals surface area contributed by atoms with Crippen LogP contribution in [-0.2, 0) is 5.88 Å². The molecule has 0 saturated heterocycles. The van der Waals surface area contributed by atoms with E-state index < -0.39 is 0 Å². The van der Waals surface area contributed by atoms with Crippen LogP contribution in [0.25, 0.3) is 0 Å². The largest absolute Gasteiger partial charge is 0.207 e. The van der Waals surface area contributed by atoms with Crippen LogP contribution >= 0.6 is 11.6 Å². The van der Waals surface area contributed by atoms with Gasteiger partial charge < -0.3 is 0 Å². The minimum Gasteiger partial charge on any atom is -0.207 e. The highest BCUT2D eigenvalue weighted by Crippen LogP contribution is 2.34. The van der Waals surface area contributed by atoms with Crippen LogP contribution in [0.1, 0.15) is 42.7 Å². The van der Waals surface area contributed by atoms with Crippen LogP contribution < -0.4 is 0 Å². The first-order valence-corrected chi connectivity index (χ1v) is 5.69. The maximum atomic E-state index is 13.4. The molecule has 1 aromatic rings. The minimum absolute atomic E-state index is 0.149. The van der Waals surface area contributed by atoms with Crippen molar-refractivity contribution in [2.24, 2.45) is 0 Å². The van der Waals surface area contributed by atoms with E-state index in [0.717, 1.165) is 5.56 Å². The lowest BCUT2D eigenvalue weighted by Crippen LogP contribution is -1.95. The Labute approximate surface area is 89.1 Å². The third-order valence-corrected chi connectivity index (χ3v) is 3.34. The van der Waals surface area contributed by atoms with E-state index in [1.807, 2.05) is 12.1 Å². The molecule has 0 aliphatic heterocycles. The first-order chi connectivity index (χ1) is 6.81. The zero-order chi connectivity index (χ0) is 9.97. The van der Waals surface area contributed by atoms with Crippen molar-refractivity contribution in [3.8, 4) is 0 Å². The SMILES string of the molecule is Fc1cc(C2CCCC2)ccc1CCl. The highest BCUT2D eigenvalue weighted by Gasteiger charge is 2.17. The molecule has 2 rings (SSSR count). The second-order valence-electron chi connectivity index (χ2n) is 3.97. The number of hydrogen-bond acceptors (Lipinski definition) is 0. The first kappa shape index (κ1) is 9.97. The van der Waals surface area contributed by atoms with E-state index in [0.29, 0.717) is 11.5 Å². The van der Waals surface area contributed by atoms with Crippen LogP contribution in [0.5, 0.6) is 0 Å². The maximum Gasteiger partial charge on any atom is 0.127 e. The van der Waals surface area contributed by atoms with Crippen LogP contribution in [0.2, 0.25) is 0 Å². The fraction of sp³-hybridized carbons (Fsp3) is 0.500. The average molecular weight is 213 g/mol. The van der Waals surface area contributed by atoms with Crippen molar-refractivity contribution >= 4 is 11.6 Å². The lowest BCUT2D eigenvalue weighted by atomic mass is 9.97. The molecule has 0 amide bonds. The molecular formula is C12H14ClF. The van der Waals surface area contributed by atoms with Gasteiger partial charge in [0, 0.05) is 5.56 Å². The molecule has 14 heavy (non-hydrogen) atoms. The molecular weight excluding hydrogens is 199 g/mol. The van der Waals surface area contributed by atoms with E-state index in [1.54, 1.807) is 6.07 Å². The normalized spacial score (nSPS) is 17.6. The Hall–Kier alpha value is -0.560. The van der Waals surface area contributed by atoms with E-state index in [2.05, 4.69) is 0 Å². The molecule has 1 saturated carbocycles. The molecule has 0 heterocycles. The average Bonchev–Trinajstić information content (AvgIpc) is 2.70. The quantitative estimate of drug-likeness (QED) is 0.644. The summed E-state index contributed by atoms with van der Waals surface area (Å²) in [6, 6.07) is 5.50. The number of rotatable bonds is 2. The molecule has 0 radical (unpaired) electrons. The summed E-state index contributed by atoms with van der Waals surface area (Å²) in [7, 11) is 0. The van der Waals surface area contributed by atoms with Crippen LogP contribution in [0, 0.1) is 5.82 Å². The maximum absolute atomic E-state index is 13.4. The van der Waals surface area contributed by atoms with Crippen LogP contribution in [0.3, 0.4) is 0 Å². The van der Waals surface area contributed by atoms with Crippen molar-refractivity contribution in [3.63, 3.8) is 0 Å². The van der Waals surface area contributed by atoms with E-state index in [4.69, 9.17) is 11.6 Å². The van der Waals surface area contributed by atoms with Gasteiger partial charge in [-0.1, -0.05) is 25.0 Å². The Morgan fingerprint density at radius 3 is 2.57 bits per heavy atom. The van der Waals surface area contributed by atoms with Crippen molar-refractivity contribution in [2.45, 2.75) is 37.5 Å². The predicted octanol–water partition coefficient (Wildman–Crippen LogP) is 4.22. The monoisotopic (exact) mass is 212 g/mol. The van der Waals surface area contributed by atoms with Crippen molar-refractivity contribution in [3.05, 3.63) is 35.1 Å². The van der Waals surface area contributed by atoms with E-state index in [9.17, 15) is 4.39 Å². The third kappa shape index (κ3) is 1.93. The molecule has 0 bridgehead atoms. The first-order valence-electron chi connectivity index (χ1n) is 5.15. The van der Waals surface area contributed by atoms with Gasteiger partial charge >= 0.3 is 0 Å². The molecule has 0 atom stereocenters. The summed E-state index contributed by atoms with van der Waals surface area (Å²) in [5.41, 5.74) is 1.75.